The lowest BCUT2D eigenvalue weighted by Crippen LogP contribution is -2.38. The van der Waals surface area contributed by atoms with Crippen molar-refractivity contribution in [3.05, 3.63) is 24.6 Å². The van der Waals surface area contributed by atoms with Crippen LogP contribution in [0, 0.1) is 0 Å². The molecule has 2 nitrogen and oxygen atoms in total. The maximum absolute atomic E-state index is 3.91. The lowest BCUT2D eigenvalue weighted by atomic mass is 10.2. The highest BCUT2D eigenvalue weighted by atomic mass is 15.2. The van der Waals surface area contributed by atoms with Crippen molar-refractivity contribution >= 4 is 0 Å². The zero-order valence-corrected chi connectivity index (χ0v) is 6.72. The lowest BCUT2D eigenvalue weighted by molar-refractivity contribution is 0.278. The van der Waals surface area contributed by atoms with Gasteiger partial charge in [0.15, 0.2) is 0 Å². The first-order chi connectivity index (χ1) is 4.63. The number of hydrogen-bond acceptors (Lipinski definition) is 2. The molecule has 2 heteroatoms. The van der Waals surface area contributed by atoms with Crippen molar-refractivity contribution in [3.8, 4) is 0 Å². The Morgan fingerprint density at radius 2 is 1.30 bits per heavy atom. The van der Waals surface area contributed by atoms with Crippen molar-refractivity contribution in [2.24, 2.45) is 0 Å². The summed E-state index contributed by atoms with van der Waals surface area (Å²) in [7, 11) is 4.08. The van der Waals surface area contributed by atoms with Crippen LogP contribution >= 0.6 is 0 Å². The monoisotopic (exact) mass is 138 g/mol. The van der Waals surface area contributed by atoms with Crippen molar-refractivity contribution < 1.29 is 0 Å². The second-order valence-corrected chi connectivity index (χ2v) is 2.74. The van der Waals surface area contributed by atoms with Crippen LogP contribution in [0.4, 0.5) is 0 Å². The Morgan fingerprint density at radius 1 is 1.00 bits per heavy atom. The third-order valence-corrected chi connectivity index (χ3v) is 2.03. The van der Waals surface area contributed by atoms with Gasteiger partial charge in [-0.2, -0.15) is 0 Å². The van der Waals surface area contributed by atoms with Crippen LogP contribution in [0.5, 0.6) is 0 Å². The molecule has 1 rings (SSSR count). The molecule has 1 heterocycles. The van der Waals surface area contributed by atoms with Crippen LogP contribution in [-0.4, -0.2) is 37.0 Å². The summed E-state index contributed by atoms with van der Waals surface area (Å²) in [6.45, 7) is 9.92. The van der Waals surface area contributed by atoms with Crippen LogP contribution in [0.1, 0.15) is 0 Å². The molecule has 1 fully saturated rings. The maximum Gasteiger partial charge on any atom is 0.0522 e. The molecule has 0 aromatic rings. The van der Waals surface area contributed by atoms with E-state index in [4.69, 9.17) is 0 Å². The molecule has 1 aliphatic heterocycles. The highest BCUT2D eigenvalue weighted by molar-refractivity contribution is 5.24. The van der Waals surface area contributed by atoms with Gasteiger partial charge in [-0.05, 0) is 0 Å². The van der Waals surface area contributed by atoms with Crippen LogP contribution in [0.15, 0.2) is 24.6 Å². The molecule has 0 radical (unpaired) electrons. The van der Waals surface area contributed by atoms with Crippen molar-refractivity contribution in [1.82, 2.24) is 9.80 Å². The van der Waals surface area contributed by atoms with Gasteiger partial charge in [0.25, 0.3) is 0 Å². The smallest absolute Gasteiger partial charge is 0.0522 e. The van der Waals surface area contributed by atoms with Gasteiger partial charge < -0.3 is 9.80 Å². The highest BCUT2D eigenvalue weighted by Gasteiger charge is 2.15. The number of piperazine rings is 1. The largest absolute Gasteiger partial charge is 0.372 e. The summed E-state index contributed by atoms with van der Waals surface area (Å²) >= 11 is 0. The van der Waals surface area contributed by atoms with E-state index in [1.54, 1.807) is 0 Å². The Balaban J connectivity index is 2.70. The molecule has 0 atom stereocenters. The molecule has 0 amide bonds. The fraction of sp³-hybridized carbons (Fsp3) is 0.500. The highest BCUT2D eigenvalue weighted by Crippen LogP contribution is 2.17. The summed E-state index contributed by atoms with van der Waals surface area (Å²) in [4.78, 5) is 4.25. The minimum absolute atomic E-state index is 1.04. The van der Waals surface area contributed by atoms with Gasteiger partial charge in [0.1, 0.15) is 0 Å². The lowest BCUT2D eigenvalue weighted by Gasteiger charge is -2.35. The van der Waals surface area contributed by atoms with Crippen molar-refractivity contribution in [3.63, 3.8) is 0 Å². The molecule has 1 saturated heterocycles. The van der Waals surface area contributed by atoms with Crippen molar-refractivity contribution in [2.75, 3.05) is 27.2 Å². The number of rotatable bonds is 0. The van der Waals surface area contributed by atoms with E-state index in [-0.39, 0.29) is 0 Å². The third kappa shape index (κ3) is 1.01. The second-order valence-electron chi connectivity index (χ2n) is 2.74. The van der Waals surface area contributed by atoms with Crippen LogP contribution in [-0.2, 0) is 0 Å². The Bertz CT molecular complexity index is 152. The topological polar surface area (TPSA) is 6.48 Å². The second kappa shape index (κ2) is 2.37. The molecule has 0 saturated carbocycles. The molecule has 0 aromatic heterocycles. The van der Waals surface area contributed by atoms with Gasteiger partial charge in [0.05, 0.1) is 11.4 Å². The Kier molecular flexibility index (Phi) is 1.70. The van der Waals surface area contributed by atoms with Crippen molar-refractivity contribution in [2.45, 2.75) is 0 Å². The predicted molar refractivity (Wildman–Crippen MR) is 43.5 cm³/mol. The molecule has 1 aliphatic rings. The SMILES string of the molecule is C=C1C(=C)N(C)CCN1C. The number of hydrogen-bond donors (Lipinski definition) is 0. The van der Waals surface area contributed by atoms with Gasteiger partial charge in [0.2, 0.25) is 0 Å². The van der Waals surface area contributed by atoms with Crippen LogP contribution in [0.3, 0.4) is 0 Å². The minimum atomic E-state index is 1.04. The molecule has 0 unspecified atom stereocenters. The predicted octanol–water partition coefficient (Wildman–Crippen LogP) is 0.891. The van der Waals surface area contributed by atoms with E-state index in [0.717, 1.165) is 24.5 Å². The van der Waals surface area contributed by atoms with E-state index in [2.05, 4.69) is 23.0 Å². The average Bonchev–Trinajstić information content (AvgIpc) is 1.93. The molecule has 0 spiro atoms. The van der Waals surface area contributed by atoms with Gasteiger partial charge in [0, 0.05) is 27.2 Å². The summed E-state index contributed by atoms with van der Waals surface area (Å²) in [6.07, 6.45) is 0. The first kappa shape index (κ1) is 7.19. The van der Waals surface area contributed by atoms with E-state index >= 15 is 0 Å². The van der Waals surface area contributed by atoms with Crippen LogP contribution < -0.4 is 0 Å². The van der Waals surface area contributed by atoms with Gasteiger partial charge in [-0.15, -0.1) is 0 Å². The fourth-order valence-corrected chi connectivity index (χ4v) is 1.01. The zero-order chi connectivity index (χ0) is 7.72. The van der Waals surface area contributed by atoms with E-state index in [0.29, 0.717) is 0 Å². The molecule has 56 valence electrons. The summed E-state index contributed by atoms with van der Waals surface area (Å²) < 4.78 is 0. The van der Waals surface area contributed by atoms with E-state index < -0.39 is 0 Å². The quantitative estimate of drug-likeness (QED) is 0.490. The molecule has 0 bridgehead atoms. The minimum Gasteiger partial charge on any atom is -0.372 e. The van der Waals surface area contributed by atoms with Crippen molar-refractivity contribution in [1.29, 1.82) is 0 Å². The normalized spacial score (nSPS) is 20.2. The number of likely N-dealkylation sites (N-methyl/N-ethyl adjacent to an activating group) is 2. The van der Waals surface area contributed by atoms with Crippen LogP contribution in [0.25, 0.3) is 0 Å². The Morgan fingerprint density at radius 3 is 1.60 bits per heavy atom. The first-order valence-corrected chi connectivity index (χ1v) is 3.43. The van der Waals surface area contributed by atoms with Gasteiger partial charge >= 0.3 is 0 Å². The molecule has 10 heavy (non-hydrogen) atoms. The molecule has 0 aromatic carbocycles. The first-order valence-electron chi connectivity index (χ1n) is 3.43. The number of nitrogens with zero attached hydrogens (tertiary/aromatic N) is 2. The molecular weight excluding hydrogens is 124 g/mol. The van der Waals surface area contributed by atoms with E-state index in [9.17, 15) is 0 Å². The molecule has 0 N–H and O–H groups in total. The maximum atomic E-state index is 3.91. The standard InChI is InChI=1S/C8H14N2/c1-7-8(2)10(4)6-5-9(7)3/h1-2,5-6H2,3-4H3. The van der Waals surface area contributed by atoms with E-state index in [1.165, 1.54) is 0 Å². The van der Waals surface area contributed by atoms with Gasteiger partial charge in [-0.25, -0.2) is 0 Å². The van der Waals surface area contributed by atoms with Gasteiger partial charge in [-0.3, -0.25) is 0 Å². The average molecular weight is 138 g/mol. The van der Waals surface area contributed by atoms with Crippen LogP contribution in [0.2, 0.25) is 0 Å². The molecule has 0 aliphatic carbocycles. The Hall–Kier alpha value is -0.920. The summed E-state index contributed by atoms with van der Waals surface area (Å²) in [5.41, 5.74) is 2.07. The van der Waals surface area contributed by atoms with Gasteiger partial charge in [-0.1, -0.05) is 13.2 Å². The summed E-state index contributed by atoms with van der Waals surface area (Å²) in [5, 5.41) is 0. The zero-order valence-electron chi connectivity index (χ0n) is 6.72. The Labute approximate surface area is 62.4 Å². The fourth-order valence-electron chi connectivity index (χ4n) is 1.01. The third-order valence-electron chi connectivity index (χ3n) is 2.03. The summed E-state index contributed by atoms with van der Waals surface area (Å²) in [5.74, 6) is 0. The molecular formula is C8H14N2. The summed E-state index contributed by atoms with van der Waals surface area (Å²) in [6, 6.07) is 0. The van der Waals surface area contributed by atoms with E-state index in [1.807, 2.05) is 14.1 Å².